The molecule has 0 radical (unpaired) electrons. The van der Waals surface area contributed by atoms with Gasteiger partial charge < -0.3 is 9.64 Å². The van der Waals surface area contributed by atoms with E-state index < -0.39 is 0 Å². The van der Waals surface area contributed by atoms with Gasteiger partial charge in [-0.25, -0.2) is 9.07 Å². The third kappa shape index (κ3) is 5.10. The van der Waals surface area contributed by atoms with Crippen molar-refractivity contribution < 1.29 is 13.9 Å². The second-order valence-corrected chi connectivity index (χ2v) is 9.62. The van der Waals surface area contributed by atoms with Crippen LogP contribution in [0.1, 0.15) is 53.5 Å². The number of hydrogen-bond donors (Lipinski definition) is 0. The molecule has 5 rings (SSSR count). The normalized spacial score (nSPS) is 15.6. The molecule has 35 heavy (non-hydrogen) atoms. The van der Waals surface area contributed by atoms with E-state index >= 15 is 0 Å². The highest BCUT2D eigenvalue weighted by Crippen LogP contribution is 2.32. The third-order valence-corrected chi connectivity index (χ3v) is 6.98. The summed E-state index contributed by atoms with van der Waals surface area (Å²) in [4.78, 5) is 17.9. The lowest BCUT2D eigenvalue weighted by molar-refractivity contribution is 0.0731. The molecule has 3 aromatic rings. The fourth-order valence-corrected chi connectivity index (χ4v) is 4.93. The van der Waals surface area contributed by atoms with Crippen molar-refractivity contribution in [3.8, 4) is 11.4 Å². The summed E-state index contributed by atoms with van der Waals surface area (Å²) >= 11 is 0. The average molecular weight is 477 g/mol. The molecule has 0 spiro atoms. The van der Waals surface area contributed by atoms with Crippen LogP contribution in [0.15, 0.2) is 48.5 Å². The topological polar surface area (TPSA) is 50.6 Å². The quantitative estimate of drug-likeness (QED) is 0.444. The molecule has 2 heterocycles. The number of rotatable bonds is 9. The molecule has 0 unspecified atom stereocenters. The van der Waals surface area contributed by atoms with Crippen LogP contribution >= 0.6 is 0 Å². The van der Waals surface area contributed by atoms with E-state index in [1.54, 1.807) is 23.9 Å². The molecule has 0 saturated heterocycles. The summed E-state index contributed by atoms with van der Waals surface area (Å²) in [7, 11) is 1.62. The molecule has 0 bridgehead atoms. The Morgan fingerprint density at radius 2 is 1.94 bits per heavy atom. The van der Waals surface area contributed by atoms with E-state index in [4.69, 9.17) is 9.84 Å². The molecule has 2 aliphatic rings. The van der Waals surface area contributed by atoms with E-state index in [9.17, 15) is 9.18 Å². The standard InChI is InChI=1S/C28H33FN4O2/c1-3-15-31-16-14-26-23(18-31)25(30-33(26)27-7-5-4-6-24(27)29)19-32(17-20-8-9-20)28(34)21-10-12-22(35-2)13-11-21/h4-7,10-13,20H,3,8-9,14-19H2,1-2H3. The number of nitrogens with zero attached hydrogens (tertiary/aromatic N) is 4. The van der Waals surface area contributed by atoms with Crippen molar-refractivity contribution >= 4 is 5.91 Å². The van der Waals surface area contributed by atoms with Crippen LogP contribution in [0.2, 0.25) is 0 Å². The summed E-state index contributed by atoms with van der Waals surface area (Å²) in [5.41, 5.74) is 4.17. The second kappa shape index (κ2) is 10.2. The minimum atomic E-state index is -0.288. The van der Waals surface area contributed by atoms with Crippen molar-refractivity contribution in [1.82, 2.24) is 19.6 Å². The summed E-state index contributed by atoms with van der Waals surface area (Å²) in [6.07, 6.45) is 4.19. The maximum Gasteiger partial charge on any atom is 0.254 e. The van der Waals surface area contributed by atoms with E-state index in [-0.39, 0.29) is 11.7 Å². The van der Waals surface area contributed by atoms with Gasteiger partial charge >= 0.3 is 0 Å². The first kappa shape index (κ1) is 23.5. The van der Waals surface area contributed by atoms with Crippen molar-refractivity contribution in [2.75, 3.05) is 26.7 Å². The van der Waals surface area contributed by atoms with Gasteiger partial charge in [-0.3, -0.25) is 9.69 Å². The van der Waals surface area contributed by atoms with Crippen molar-refractivity contribution in [2.24, 2.45) is 5.92 Å². The highest BCUT2D eigenvalue weighted by Gasteiger charge is 2.31. The third-order valence-electron chi connectivity index (χ3n) is 6.98. The van der Waals surface area contributed by atoms with Gasteiger partial charge in [-0.05, 0) is 68.1 Å². The number of carbonyl (C=O) groups excluding carboxylic acids is 1. The van der Waals surface area contributed by atoms with Gasteiger partial charge in [0, 0.05) is 37.2 Å². The highest BCUT2D eigenvalue weighted by molar-refractivity contribution is 5.94. The Morgan fingerprint density at radius 1 is 1.17 bits per heavy atom. The maximum atomic E-state index is 14.8. The Kier molecular flexibility index (Phi) is 6.86. The molecular weight excluding hydrogens is 443 g/mol. The minimum Gasteiger partial charge on any atom is -0.497 e. The van der Waals surface area contributed by atoms with Crippen LogP contribution < -0.4 is 4.74 Å². The van der Waals surface area contributed by atoms with Crippen LogP contribution in [-0.4, -0.2) is 52.2 Å². The largest absolute Gasteiger partial charge is 0.497 e. The average Bonchev–Trinajstić information content (AvgIpc) is 3.64. The summed E-state index contributed by atoms with van der Waals surface area (Å²) < 4.78 is 21.8. The Morgan fingerprint density at radius 3 is 2.63 bits per heavy atom. The number of ether oxygens (including phenoxy) is 1. The molecule has 0 N–H and O–H groups in total. The van der Waals surface area contributed by atoms with Gasteiger partial charge in [-0.15, -0.1) is 0 Å². The van der Waals surface area contributed by atoms with Crippen molar-refractivity contribution in [2.45, 2.75) is 45.7 Å². The monoisotopic (exact) mass is 476 g/mol. The summed E-state index contributed by atoms with van der Waals surface area (Å²) in [5.74, 6) is 0.974. The number of amides is 1. The van der Waals surface area contributed by atoms with E-state index in [1.807, 2.05) is 35.2 Å². The van der Waals surface area contributed by atoms with Gasteiger partial charge in [0.05, 0.1) is 25.0 Å². The summed E-state index contributed by atoms with van der Waals surface area (Å²) in [6.45, 7) is 6.04. The predicted octanol–water partition coefficient (Wildman–Crippen LogP) is 4.84. The molecule has 184 valence electrons. The molecule has 7 heteroatoms. The Hall–Kier alpha value is -3.19. The van der Waals surface area contributed by atoms with Crippen molar-refractivity contribution in [1.29, 1.82) is 0 Å². The van der Waals surface area contributed by atoms with Gasteiger partial charge in [-0.2, -0.15) is 5.10 Å². The zero-order valence-corrected chi connectivity index (χ0v) is 20.5. The minimum absolute atomic E-state index is 0.00466. The summed E-state index contributed by atoms with van der Waals surface area (Å²) in [5, 5.41) is 4.92. The summed E-state index contributed by atoms with van der Waals surface area (Å²) in [6, 6.07) is 14.1. The first-order chi connectivity index (χ1) is 17.1. The van der Waals surface area contributed by atoms with Crippen LogP contribution in [0.4, 0.5) is 4.39 Å². The number of aromatic nitrogens is 2. The molecule has 1 amide bonds. The number of carbonyl (C=O) groups is 1. The Balaban J connectivity index is 1.50. The second-order valence-electron chi connectivity index (χ2n) is 9.62. The smallest absolute Gasteiger partial charge is 0.254 e. The number of para-hydroxylation sites is 1. The molecule has 6 nitrogen and oxygen atoms in total. The van der Waals surface area contributed by atoms with Crippen LogP contribution in [0, 0.1) is 11.7 Å². The SMILES string of the molecule is CCCN1CCc2c(c(CN(CC3CC3)C(=O)c3ccc(OC)cc3)nn2-c2ccccc2F)C1. The molecule has 2 aromatic carbocycles. The first-order valence-corrected chi connectivity index (χ1v) is 12.6. The van der Waals surface area contributed by atoms with E-state index in [0.29, 0.717) is 30.3 Å². The fraction of sp³-hybridized carbons (Fsp3) is 0.429. The van der Waals surface area contributed by atoms with Crippen molar-refractivity contribution in [3.05, 3.63) is 76.9 Å². The highest BCUT2D eigenvalue weighted by atomic mass is 19.1. The van der Waals surface area contributed by atoms with E-state index in [0.717, 1.165) is 68.0 Å². The van der Waals surface area contributed by atoms with Crippen LogP contribution in [0.3, 0.4) is 0 Å². The van der Waals surface area contributed by atoms with Gasteiger partial charge in [0.1, 0.15) is 17.3 Å². The lowest BCUT2D eigenvalue weighted by Gasteiger charge is -2.28. The zero-order chi connectivity index (χ0) is 24.4. The number of fused-ring (bicyclic) bond motifs is 1. The molecule has 0 atom stereocenters. The number of hydrogen-bond acceptors (Lipinski definition) is 4. The van der Waals surface area contributed by atoms with E-state index in [2.05, 4.69) is 11.8 Å². The number of benzene rings is 2. The van der Waals surface area contributed by atoms with Crippen molar-refractivity contribution in [3.63, 3.8) is 0 Å². The Bertz CT molecular complexity index is 1190. The van der Waals surface area contributed by atoms with Crippen LogP contribution in [0.25, 0.3) is 5.69 Å². The Labute approximate surface area is 206 Å². The number of methoxy groups -OCH3 is 1. The molecule has 1 aliphatic carbocycles. The molecule has 1 aliphatic heterocycles. The predicted molar refractivity (Wildman–Crippen MR) is 133 cm³/mol. The van der Waals surface area contributed by atoms with Crippen LogP contribution in [0.5, 0.6) is 5.75 Å². The van der Waals surface area contributed by atoms with Gasteiger partial charge in [0.15, 0.2) is 0 Å². The van der Waals surface area contributed by atoms with Gasteiger partial charge in [0.25, 0.3) is 5.91 Å². The maximum absolute atomic E-state index is 14.8. The fourth-order valence-electron chi connectivity index (χ4n) is 4.93. The molecular formula is C28H33FN4O2. The lowest BCUT2D eigenvalue weighted by Crippen LogP contribution is -2.34. The van der Waals surface area contributed by atoms with Gasteiger partial charge in [0.2, 0.25) is 0 Å². The first-order valence-electron chi connectivity index (χ1n) is 12.6. The molecule has 1 saturated carbocycles. The molecule has 1 fully saturated rings. The zero-order valence-electron chi connectivity index (χ0n) is 20.5. The lowest BCUT2D eigenvalue weighted by atomic mass is 10.0. The number of halogens is 1. The molecule has 1 aromatic heterocycles. The van der Waals surface area contributed by atoms with Gasteiger partial charge in [-0.1, -0.05) is 19.1 Å². The van der Waals surface area contributed by atoms with E-state index in [1.165, 1.54) is 6.07 Å². The van der Waals surface area contributed by atoms with Crippen LogP contribution in [-0.2, 0) is 19.5 Å².